The predicted octanol–water partition coefficient (Wildman–Crippen LogP) is 4.96. The molecule has 0 aromatic heterocycles. The third kappa shape index (κ3) is 2.23. The van der Waals surface area contributed by atoms with Gasteiger partial charge in [-0.15, -0.1) is 0 Å². The first kappa shape index (κ1) is 15.3. The summed E-state index contributed by atoms with van der Waals surface area (Å²) in [4.78, 5) is 2.71. The lowest BCUT2D eigenvalue weighted by Gasteiger charge is -2.59. The highest BCUT2D eigenvalue weighted by Gasteiger charge is 2.53. The summed E-state index contributed by atoms with van der Waals surface area (Å²) >= 11 is 0. The summed E-state index contributed by atoms with van der Waals surface area (Å²) in [5.74, 6) is 1.82. The molecule has 5 rings (SSSR count). The largest absolute Gasteiger partial charge is 0.497 e. The van der Waals surface area contributed by atoms with Gasteiger partial charge in [0, 0.05) is 23.7 Å². The van der Waals surface area contributed by atoms with Crippen LogP contribution in [0.3, 0.4) is 0 Å². The second-order valence-electron chi connectivity index (χ2n) is 8.08. The van der Waals surface area contributed by atoms with Crippen molar-refractivity contribution in [1.82, 2.24) is 0 Å². The van der Waals surface area contributed by atoms with Crippen LogP contribution < -0.4 is 9.64 Å². The molecule has 0 radical (unpaired) electrons. The van der Waals surface area contributed by atoms with Crippen molar-refractivity contribution in [2.24, 2.45) is 5.92 Å². The van der Waals surface area contributed by atoms with E-state index in [2.05, 4.69) is 53.4 Å². The fourth-order valence-electron chi connectivity index (χ4n) is 6.05. The van der Waals surface area contributed by atoms with E-state index < -0.39 is 0 Å². The number of para-hydroxylation sites is 1. The average Bonchev–Trinajstić information content (AvgIpc) is 2.68. The van der Waals surface area contributed by atoms with Crippen LogP contribution >= 0.6 is 0 Å². The Labute approximate surface area is 150 Å². The molecule has 3 atom stereocenters. The standard InChI is InChI=1S/C23H27NO/c1-25-19-11-10-17-15-22-20-9-5-6-12-23(20,21(17)16-19)13-14-24(22)18-7-3-2-4-8-18/h2-4,7-8,10-11,16,20,22H,5-6,9,12-15H2,1H3/t20-,22-,23+/m0/s1. The molecule has 1 saturated carbocycles. The first-order valence-electron chi connectivity index (χ1n) is 9.81. The number of hydrogen-bond acceptors (Lipinski definition) is 2. The van der Waals surface area contributed by atoms with Gasteiger partial charge in [-0.1, -0.05) is 37.1 Å². The Bertz CT molecular complexity index is 771. The van der Waals surface area contributed by atoms with Crippen molar-refractivity contribution in [3.05, 3.63) is 59.7 Å². The Morgan fingerprint density at radius 3 is 2.76 bits per heavy atom. The second-order valence-corrected chi connectivity index (χ2v) is 8.08. The summed E-state index contributed by atoms with van der Waals surface area (Å²) in [6.45, 7) is 1.18. The summed E-state index contributed by atoms with van der Waals surface area (Å²) in [6, 6.07) is 18.6. The summed E-state index contributed by atoms with van der Waals surface area (Å²) < 4.78 is 5.57. The van der Waals surface area contributed by atoms with E-state index >= 15 is 0 Å². The molecule has 2 aromatic rings. The van der Waals surface area contributed by atoms with Gasteiger partial charge in [0.1, 0.15) is 5.75 Å². The zero-order valence-electron chi connectivity index (χ0n) is 15.1. The van der Waals surface area contributed by atoms with Gasteiger partial charge in [-0.3, -0.25) is 0 Å². The molecule has 2 aliphatic carbocycles. The molecule has 1 aliphatic heterocycles. The van der Waals surface area contributed by atoms with Gasteiger partial charge in [0.05, 0.1) is 7.11 Å². The molecular weight excluding hydrogens is 306 g/mol. The zero-order chi connectivity index (χ0) is 16.9. The summed E-state index contributed by atoms with van der Waals surface area (Å²) in [5, 5.41) is 0. The monoisotopic (exact) mass is 333 g/mol. The summed E-state index contributed by atoms with van der Waals surface area (Å²) in [7, 11) is 1.79. The van der Waals surface area contributed by atoms with Crippen molar-refractivity contribution >= 4 is 5.69 Å². The lowest BCUT2D eigenvalue weighted by molar-refractivity contribution is 0.0983. The minimum Gasteiger partial charge on any atom is -0.497 e. The van der Waals surface area contributed by atoms with E-state index in [0.717, 1.165) is 11.7 Å². The van der Waals surface area contributed by atoms with Crippen LogP contribution in [0.2, 0.25) is 0 Å². The van der Waals surface area contributed by atoms with Crippen molar-refractivity contribution in [3.8, 4) is 5.75 Å². The summed E-state index contributed by atoms with van der Waals surface area (Å²) in [6.07, 6.45) is 7.97. The number of benzene rings is 2. The van der Waals surface area contributed by atoms with Crippen LogP contribution in [-0.2, 0) is 11.8 Å². The zero-order valence-corrected chi connectivity index (χ0v) is 15.1. The highest BCUT2D eigenvalue weighted by molar-refractivity contribution is 5.53. The molecule has 1 heterocycles. The molecular formula is C23H27NO. The minimum absolute atomic E-state index is 0.385. The summed E-state index contributed by atoms with van der Waals surface area (Å²) in [5.41, 5.74) is 4.96. The molecule has 3 aliphatic rings. The third-order valence-electron chi connectivity index (χ3n) is 7.13. The molecule has 2 aromatic carbocycles. The maximum Gasteiger partial charge on any atom is 0.119 e. The van der Waals surface area contributed by atoms with Crippen molar-refractivity contribution in [2.75, 3.05) is 18.6 Å². The van der Waals surface area contributed by atoms with Gasteiger partial charge >= 0.3 is 0 Å². The normalized spacial score (nSPS) is 30.4. The van der Waals surface area contributed by atoms with E-state index in [9.17, 15) is 0 Å². The fourth-order valence-corrected chi connectivity index (χ4v) is 6.05. The Kier molecular flexibility index (Phi) is 3.55. The number of anilines is 1. The first-order chi connectivity index (χ1) is 12.3. The Morgan fingerprint density at radius 2 is 1.92 bits per heavy atom. The van der Waals surface area contributed by atoms with E-state index in [4.69, 9.17) is 4.74 Å². The lowest BCUT2D eigenvalue weighted by atomic mass is 9.52. The van der Waals surface area contributed by atoms with Crippen molar-refractivity contribution < 1.29 is 4.74 Å². The van der Waals surface area contributed by atoms with E-state index in [1.165, 1.54) is 50.8 Å². The maximum atomic E-state index is 5.57. The quantitative estimate of drug-likeness (QED) is 0.770. The van der Waals surface area contributed by atoms with Crippen molar-refractivity contribution in [2.45, 2.75) is 50.0 Å². The number of fused-ring (bicyclic) bond motifs is 1. The molecule has 130 valence electrons. The Morgan fingerprint density at radius 1 is 1.04 bits per heavy atom. The second kappa shape index (κ2) is 5.79. The van der Waals surface area contributed by atoms with Gasteiger partial charge in [0.25, 0.3) is 0 Å². The average molecular weight is 333 g/mol. The molecule has 0 spiro atoms. The number of nitrogens with zero attached hydrogens (tertiary/aromatic N) is 1. The molecule has 0 amide bonds. The van der Waals surface area contributed by atoms with Crippen LogP contribution in [0.15, 0.2) is 48.5 Å². The van der Waals surface area contributed by atoms with Crippen LogP contribution in [0.25, 0.3) is 0 Å². The van der Waals surface area contributed by atoms with Gasteiger partial charge in [-0.2, -0.15) is 0 Å². The number of rotatable bonds is 2. The van der Waals surface area contributed by atoms with Gasteiger partial charge in [0.2, 0.25) is 0 Å². The molecule has 25 heavy (non-hydrogen) atoms. The highest BCUT2D eigenvalue weighted by Crippen LogP contribution is 2.56. The Hall–Kier alpha value is -1.96. The number of ether oxygens (including phenoxy) is 1. The Balaban J connectivity index is 1.62. The van der Waals surface area contributed by atoms with Crippen LogP contribution in [0.4, 0.5) is 5.69 Å². The van der Waals surface area contributed by atoms with Gasteiger partial charge < -0.3 is 9.64 Å². The van der Waals surface area contributed by atoms with Crippen LogP contribution in [0.5, 0.6) is 5.75 Å². The minimum atomic E-state index is 0.385. The van der Waals surface area contributed by atoms with Crippen LogP contribution in [-0.4, -0.2) is 19.7 Å². The van der Waals surface area contributed by atoms with E-state index in [-0.39, 0.29) is 0 Å². The highest BCUT2D eigenvalue weighted by atomic mass is 16.5. The van der Waals surface area contributed by atoms with E-state index in [1.54, 1.807) is 18.2 Å². The SMILES string of the molecule is COc1ccc2c(c1)[C@@]13CCCC[C@H]1[C@H](C2)N(c1ccccc1)CC3. The molecule has 1 saturated heterocycles. The lowest BCUT2D eigenvalue weighted by Crippen LogP contribution is -2.61. The number of hydrogen-bond donors (Lipinski definition) is 0. The molecule has 2 nitrogen and oxygen atoms in total. The third-order valence-corrected chi connectivity index (χ3v) is 7.13. The van der Waals surface area contributed by atoms with Gasteiger partial charge in [0.15, 0.2) is 0 Å². The maximum absolute atomic E-state index is 5.57. The van der Waals surface area contributed by atoms with Crippen LogP contribution in [0, 0.1) is 5.92 Å². The topological polar surface area (TPSA) is 12.5 Å². The van der Waals surface area contributed by atoms with Gasteiger partial charge in [-0.05, 0) is 67.0 Å². The number of piperidine rings is 1. The van der Waals surface area contributed by atoms with E-state index in [1.807, 2.05) is 0 Å². The van der Waals surface area contributed by atoms with Crippen LogP contribution in [0.1, 0.15) is 43.2 Å². The first-order valence-corrected chi connectivity index (χ1v) is 9.81. The molecule has 2 bridgehead atoms. The fraction of sp³-hybridized carbons (Fsp3) is 0.478. The molecule has 2 heteroatoms. The predicted molar refractivity (Wildman–Crippen MR) is 103 cm³/mol. The molecule has 2 fully saturated rings. The molecule has 0 N–H and O–H groups in total. The van der Waals surface area contributed by atoms with Crippen molar-refractivity contribution in [1.29, 1.82) is 0 Å². The number of methoxy groups -OCH3 is 1. The smallest absolute Gasteiger partial charge is 0.119 e. The van der Waals surface area contributed by atoms with Crippen molar-refractivity contribution in [3.63, 3.8) is 0 Å². The van der Waals surface area contributed by atoms with E-state index in [0.29, 0.717) is 11.5 Å². The van der Waals surface area contributed by atoms with Gasteiger partial charge in [-0.25, -0.2) is 0 Å². The molecule has 0 unspecified atom stereocenters.